The first-order valence-corrected chi connectivity index (χ1v) is 11.6. The summed E-state index contributed by atoms with van der Waals surface area (Å²) in [4.78, 5) is 35.4. The highest BCUT2D eigenvalue weighted by Gasteiger charge is 2.26. The van der Waals surface area contributed by atoms with Crippen molar-refractivity contribution in [3.05, 3.63) is 66.0 Å². The van der Waals surface area contributed by atoms with Crippen molar-refractivity contribution >= 4 is 39.7 Å². The average Bonchev–Trinajstić information content (AvgIpc) is 2.83. The molecule has 1 aliphatic heterocycles. The molecule has 0 aliphatic carbocycles. The normalized spacial score (nSPS) is 14.5. The van der Waals surface area contributed by atoms with Crippen molar-refractivity contribution in [2.75, 3.05) is 38.2 Å². The van der Waals surface area contributed by atoms with Gasteiger partial charge in [-0.1, -0.05) is 24.3 Å². The van der Waals surface area contributed by atoms with E-state index in [0.29, 0.717) is 18.8 Å². The number of morpholine rings is 1. The molecule has 0 radical (unpaired) electrons. The summed E-state index contributed by atoms with van der Waals surface area (Å²) in [5, 5.41) is 4.07. The second-order valence-corrected chi connectivity index (χ2v) is 8.95. The number of imide groups is 1. The number of ether oxygens (including phenoxy) is 2. The van der Waals surface area contributed by atoms with Gasteiger partial charge in [0.1, 0.15) is 5.82 Å². The molecule has 3 amide bonds. The van der Waals surface area contributed by atoms with Crippen molar-refractivity contribution in [3.63, 3.8) is 0 Å². The highest BCUT2D eigenvalue weighted by Crippen LogP contribution is 2.18. The number of halogens is 1. The minimum absolute atomic E-state index is 0.114. The third-order valence-electron chi connectivity index (χ3n) is 4.62. The van der Waals surface area contributed by atoms with Crippen molar-refractivity contribution in [1.29, 1.82) is 0 Å². The number of amides is 3. The molecule has 0 aromatic heterocycles. The number of esters is 1. The Hall–Kier alpha value is -3.61. The van der Waals surface area contributed by atoms with E-state index in [9.17, 15) is 27.2 Å². The number of nitrogens with one attached hydrogen (secondary N) is 2. The number of carbonyl (C=O) groups excluding carboxylic acids is 3. The van der Waals surface area contributed by atoms with Crippen molar-refractivity contribution in [2.45, 2.75) is 4.90 Å². The summed E-state index contributed by atoms with van der Waals surface area (Å²) in [5.41, 5.74) is 0.420. The number of urea groups is 1. The first kappa shape index (κ1) is 25.0. The molecule has 2 N–H and O–H groups in total. The van der Waals surface area contributed by atoms with Crippen LogP contribution in [-0.4, -0.2) is 63.5 Å². The van der Waals surface area contributed by atoms with Gasteiger partial charge in [0.2, 0.25) is 10.0 Å². The minimum Gasteiger partial charge on any atom is -0.452 e. The lowest BCUT2D eigenvalue weighted by Crippen LogP contribution is -2.40. The molecule has 34 heavy (non-hydrogen) atoms. The number of anilines is 1. The quantitative estimate of drug-likeness (QED) is 0.446. The first-order valence-electron chi connectivity index (χ1n) is 10.1. The standard InChI is InChI=1S/C22H22FN3O7S/c23-18-3-1-2-4-19(18)24-22(29)25-20(27)15-33-21(28)10-7-16-5-8-17(9-6-16)34(30,31)26-11-13-32-14-12-26/h1-10H,11-15H2,(H2,24,25,27,29)/b10-7+. The molecule has 3 rings (SSSR count). The van der Waals surface area contributed by atoms with E-state index in [2.05, 4.69) is 5.32 Å². The zero-order chi connectivity index (χ0) is 24.6. The zero-order valence-electron chi connectivity index (χ0n) is 17.9. The molecule has 0 atom stereocenters. The van der Waals surface area contributed by atoms with Gasteiger partial charge in [0, 0.05) is 19.2 Å². The third-order valence-corrected chi connectivity index (χ3v) is 6.53. The average molecular weight is 491 g/mol. The van der Waals surface area contributed by atoms with E-state index in [1.165, 1.54) is 52.8 Å². The number of hydrogen-bond acceptors (Lipinski definition) is 7. The van der Waals surface area contributed by atoms with E-state index in [0.717, 1.165) is 12.1 Å². The molecular weight excluding hydrogens is 469 g/mol. The fourth-order valence-electron chi connectivity index (χ4n) is 2.91. The van der Waals surface area contributed by atoms with Gasteiger partial charge in [-0.15, -0.1) is 0 Å². The SMILES string of the molecule is O=C(COC(=O)/C=C/c1ccc(S(=O)(=O)N2CCOCC2)cc1)NC(=O)Nc1ccccc1F. The van der Waals surface area contributed by atoms with Crippen LogP contribution in [0.25, 0.3) is 6.08 Å². The fraction of sp³-hybridized carbons (Fsp3) is 0.227. The van der Waals surface area contributed by atoms with E-state index in [1.807, 2.05) is 5.32 Å². The highest BCUT2D eigenvalue weighted by molar-refractivity contribution is 7.89. The van der Waals surface area contributed by atoms with Crippen LogP contribution in [0.3, 0.4) is 0 Å². The third kappa shape index (κ3) is 6.94. The van der Waals surface area contributed by atoms with E-state index < -0.39 is 40.4 Å². The summed E-state index contributed by atoms with van der Waals surface area (Å²) in [7, 11) is -3.62. The molecule has 0 spiro atoms. The maximum atomic E-state index is 13.5. The van der Waals surface area contributed by atoms with Crippen molar-refractivity contribution < 1.29 is 36.7 Å². The van der Waals surface area contributed by atoms with Crippen molar-refractivity contribution in [3.8, 4) is 0 Å². The summed E-state index contributed by atoms with van der Waals surface area (Å²) < 4.78 is 50.0. The Labute approximate surface area is 195 Å². The summed E-state index contributed by atoms with van der Waals surface area (Å²) in [5.74, 6) is -2.43. The Kier molecular flexibility index (Phi) is 8.46. The number of sulfonamides is 1. The second-order valence-electron chi connectivity index (χ2n) is 7.01. The van der Waals surface area contributed by atoms with Crippen LogP contribution in [0, 0.1) is 5.82 Å². The Balaban J connectivity index is 1.45. The Morgan fingerprint density at radius 3 is 2.41 bits per heavy atom. The van der Waals surface area contributed by atoms with Gasteiger partial charge in [-0.25, -0.2) is 22.4 Å². The van der Waals surface area contributed by atoms with Crippen LogP contribution in [0.15, 0.2) is 59.5 Å². The van der Waals surface area contributed by atoms with Crippen LogP contribution in [0.4, 0.5) is 14.9 Å². The monoisotopic (exact) mass is 491 g/mol. The fourth-order valence-corrected chi connectivity index (χ4v) is 4.32. The molecule has 10 nitrogen and oxygen atoms in total. The molecule has 12 heteroatoms. The molecule has 2 aromatic carbocycles. The topological polar surface area (TPSA) is 131 Å². The van der Waals surface area contributed by atoms with Gasteiger partial charge in [0.05, 0.1) is 23.8 Å². The lowest BCUT2D eigenvalue weighted by molar-refractivity contribution is -0.143. The lowest BCUT2D eigenvalue weighted by Gasteiger charge is -2.26. The Morgan fingerprint density at radius 2 is 1.74 bits per heavy atom. The smallest absolute Gasteiger partial charge is 0.331 e. The van der Waals surface area contributed by atoms with Crippen LogP contribution < -0.4 is 10.6 Å². The zero-order valence-corrected chi connectivity index (χ0v) is 18.7. The van der Waals surface area contributed by atoms with Gasteiger partial charge in [-0.05, 0) is 35.9 Å². The molecule has 0 unspecified atom stereocenters. The van der Waals surface area contributed by atoms with Crippen LogP contribution in [0.1, 0.15) is 5.56 Å². The van der Waals surface area contributed by atoms with Gasteiger partial charge < -0.3 is 14.8 Å². The van der Waals surface area contributed by atoms with E-state index in [-0.39, 0.29) is 23.7 Å². The molecule has 0 bridgehead atoms. The van der Waals surface area contributed by atoms with Gasteiger partial charge in [-0.2, -0.15) is 4.31 Å². The molecule has 1 heterocycles. The number of para-hydroxylation sites is 1. The first-order chi connectivity index (χ1) is 16.3. The van der Waals surface area contributed by atoms with Crippen LogP contribution in [-0.2, 0) is 29.1 Å². The Morgan fingerprint density at radius 1 is 1.06 bits per heavy atom. The van der Waals surface area contributed by atoms with Crippen molar-refractivity contribution in [1.82, 2.24) is 9.62 Å². The molecule has 0 saturated carbocycles. The maximum Gasteiger partial charge on any atom is 0.331 e. The second kappa shape index (κ2) is 11.5. The predicted molar refractivity (Wildman–Crippen MR) is 120 cm³/mol. The van der Waals surface area contributed by atoms with Gasteiger partial charge in [-0.3, -0.25) is 10.1 Å². The number of carbonyl (C=O) groups is 3. The van der Waals surface area contributed by atoms with Crippen LogP contribution in [0.2, 0.25) is 0 Å². The van der Waals surface area contributed by atoms with Gasteiger partial charge >= 0.3 is 12.0 Å². The largest absolute Gasteiger partial charge is 0.452 e. The predicted octanol–water partition coefficient (Wildman–Crippen LogP) is 1.75. The number of hydrogen-bond donors (Lipinski definition) is 2. The Bertz CT molecular complexity index is 1180. The summed E-state index contributed by atoms with van der Waals surface area (Å²) in [6, 6.07) is 10.3. The summed E-state index contributed by atoms with van der Waals surface area (Å²) in [6.45, 7) is 0.528. The van der Waals surface area contributed by atoms with Crippen LogP contribution >= 0.6 is 0 Å². The highest BCUT2D eigenvalue weighted by atomic mass is 32.2. The summed E-state index contributed by atoms with van der Waals surface area (Å²) >= 11 is 0. The molecule has 180 valence electrons. The molecule has 2 aromatic rings. The molecule has 1 saturated heterocycles. The lowest BCUT2D eigenvalue weighted by atomic mass is 10.2. The van der Waals surface area contributed by atoms with E-state index in [1.54, 1.807) is 0 Å². The maximum absolute atomic E-state index is 13.5. The van der Waals surface area contributed by atoms with Gasteiger partial charge in [0.25, 0.3) is 5.91 Å². The van der Waals surface area contributed by atoms with Crippen LogP contribution in [0.5, 0.6) is 0 Å². The molecule has 1 fully saturated rings. The number of nitrogens with zero attached hydrogens (tertiary/aromatic N) is 1. The van der Waals surface area contributed by atoms with Gasteiger partial charge in [0.15, 0.2) is 6.61 Å². The molecular formula is C22H22FN3O7S. The molecule has 1 aliphatic rings. The summed E-state index contributed by atoms with van der Waals surface area (Å²) in [6.07, 6.45) is 2.44. The van der Waals surface area contributed by atoms with E-state index in [4.69, 9.17) is 9.47 Å². The van der Waals surface area contributed by atoms with Crippen molar-refractivity contribution in [2.24, 2.45) is 0 Å². The number of rotatable bonds is 7. The van der Waals surface area contributed by atoms with E-state index >= 15 is 0 Å². The number of benzene rings is 2. The minimum atomic E-state index is -3.62.